The molecule has 4 heteroatoms. The summed E-state index contributed by atoms with van der Waals surface area (Å²) in [6.07, 6.45) is 0.841. The highest BCUT2D eigenvalue weighted by Gasteiger charge is 2.28. The average Bonchev–Trinajstić information content (AvgIpc) is 2.40. The van der Waals surface area contributed by atoms with Gasteiger partial charge in [-0.15, -0.1) is 0 Å². The molecule has 0 aliphatic carbocycles. The number of hydrogen-bond acceptors (Lipinski definition) is 3. The van der Waals surface area contributed by atoms with Crippen molar-refractivity contribution in [2.75, 3.05) is 6.54 Å². The first-order chi connectivity index (χ1) is 9.16. The van der Waals surface area contributed by atoms with Gasteiger partial charge < -0.3 is 20.6 Å². The molecule has 1 aliphatic heterocycles. The minimum absolute atomic E-state index is 0.0450. The van der Waals surface area contributed by atoms with Crippen molar-refractivity contribution in [3.8, 4) is 17.2 Å². The summed E-state index contributed by atoms with van der Waals surface area (Å²) in [4.78, 5) is 0. The van der Waals surface area contributed by atoms with Gasteiger partial charge in [0.05, 0.1) is 12.1 Å². The van der Waals surface area contributed by atoms with Gasteiger partial charge in [-0.1, -0.05) is 12.1 Å². The maximum absolute atomic E-state index is 9.98. The molecule has 0 saturated heterocycles. The number of rotatable bonds is 1. The van der Waals surface area contributed by atoms with E-state index in [-0.39, 0.29) is 23.3 Å². The summed E-state index contributed by atoms with van der Waals surface area (Å²) in [5.41, 5.74) is 2.79. The topological polar surface area (TPSA) is 77.3 Å². The predicted molar refractivity (Wildman–Crippen MR) is 70.2 cm³/mol. The number of fused-ring (bicyclic) bond motifs is 1. The molecule has 0 bridgehead atoms. The van der Waals surface area contributed by atoms with Crippen molar-refractivity contribution in [2.45, 2.75) is 12.5 Å². The van der Waals surface area contributed by atoms with E-state index in [4.69, 9.17) is 0 Å². The van der Waals surface area contributed by atoms with E-state index in [1.54, 1.807) is 24.3 Å². The lowest BCUT2D eigenvalue weighted by atomic mass is 9.89. The van der Waals surface area contributed by atoms with E-state index in [0.717, 1.165) is 29.7 Å². The molecule has 1 atom stereocenters. The Morgan fingerprint density at radius 1 is 0.895 bits per heavy atom. The molecule has 2 aromatic rings. The standard InChI is InChI=1S/C15H15NO3/c17-12-4-2-1-3-10(12)15-11-8-14(19)13(18)7-9(11)5-6-16-15/h1-4,7-8,15-19H,5-6H2/p+1/t15-/m1/s1. The van der Waals surface area contributed by atoms with Crippen LogP contribution in [0.3, 0.4) is 0 Å². The molecule has 0 unspecified atom stereocenters. The Bertz CT molecular complexity index is 625. The minimum atomic E-state index is -0.116. The van der Waals surface area contributed by atoms with Crippen molar-refractivity contribution >= 4 is 0 Å². The van der Waals surface area contributed by atoms with Gasteiger partial charge in [-0.2, -0.15) is 0 Å². The van der Waals surface area contributed by atoms with Crippen molar-refractivity contribution in [3.63, 3.8) is 0 Å². The molecule has 3 rings (SSSR count). The number of phenols is 3. The van der Waals surface area contributed by atoms with Crippen LogP contribution in [-0.2, 0) is 6.42 Å². The maximum atomic E-state index is 9.98. The normalized spacial score (nSPS) is 18.0. The second-order valence-electron chi connectivity index (χ2n) is 4.85. The molecule has 0 fully saturated rings. The lowest BCUT2D eigenvalue weighted by molar-refractivity contribution is -0.690. The number of phenolic OH excluding ortho intramolecular Hbond substituents is 3. The molecule has 0 amide bonds. The molecule has 1 aliphatic rings. The molecule has 2 aromatic carbocycles. The van der Waals surface area contributed by atoms with Gasteiger partial charge in [0.25, 0.3) is 0 Å². The van der Waals surface area contributed by atoms with E-state index in [1.165, 1.54) is 0 Å². The van der Waals surface area contributed by atoms with Crippen molar-refractivity contribution in [1.82, 2.24) is 0 Å². The molecule has 0 aromatic heterocycles. The van der Waals surface area contributed by atoms with Gasteiger partial charge in [-0.3, -0.25) is 0 Å². The Kier molecular flexibility index (Phi) is 2.80. The van der Waals surface area contributed by atoms with Crippen LogP contribution in [0, 0.1) is 0 Å². The number of nitrogens with two attached hydrogens (primary N) is 1. The van der Waals surface area contributed by atoms with Crippen LogP contribution in [0.5, 0.6) is 17.2 Å². The fourth-order valence-corrected chi connectivity index (χ4v) is 2.72. The molecule has 5 N–H and O–H groups in total. The van der Waals surface area contributed by atoms with Crippen LogP contribution >= 0.6 is 0 Å². The van der Waals surface area contributed by atoms with E-state index < -0.39 is 0 Å². The van der Waals surface area contributed by atoms with E-state index in [1.807, 2.05) is 12.1 Å². The maximum Gasteiger partial charge on any atom is 0.157 e. The number of quaternary nitrogens is 1. The van der Waals surface area contributed by atoms with Gasteiger partial charge in [0.2, 0.25) is 0 Å². The van der Waals surface area contributed by atoms with Crippen LogP contribution in [-0.4, -0.2) is 21.9 Å². The second kappa shape index (κ2) is 4.48. The molecule has 0 radical (unpaired) electrons. The van der Waals surface area contributed by atoms with Crippen LogP contribution in [0.4, 0.5) is 0 Å². The summed E-state index contributed by atoms with van der Waals surface area (Å²) in [5.74, 6) is 0.0512. The van der Waals surface area contributed by atoms with Gasteiger partial charge in [-0.05, 0) is 29.8 Å². The zero-order valence-electron chi connectivity index (χ0n) is 10.4. The van der Waals surface area contributed by atoms with Crippen LogP contribution in [0.1, 0.15) is 22.7 Å². The summed E-state index contributed by atoms with van der Waals surface area (Å²) in [6, 6.07) is 10.4. The Morgan fingerprint density at radius 3 is 2.42 bits per heavy atom. The highest BCUT2D eigenvalue weighted by Crippen LogP contribution is 2.36. The second-order valence-corrected chi connectivity index (χ2v) is 4.85. The van der Waals surface area contributed by atoms with Crippen molar-refractivity contribution in [1.29, 1.82) is 0 Å². The first-order valence-corrected chi connectivity index (χ1v) is 6.33. The summed E-state index contributed by atoms with van der Waals surface area (Å²) >= 11 is 0. The van der Waals surface area contributed by atoms with Crippen molar-refractivity contribution in [3.05, 3.63) is 53.1 Å². The van der Waals surface area contributed by atoms with Crippen LogP contribution in [0.15, 0.2) is 36.4 Å². The van der Waals surface area contributed by atoms with Gasteiger partial charge in [0, 0.05) is 12.0 Å². The van der Waals surface area contributed by atoms with Crippen LogP contribution < -0.4 is 5.32 Å². The lowest BCUT2D eigenvalue weighted by Crippen LogP contribution is -2.87. The molecule has 0 saturated carbocycles. The number of para-hydroxylation sites is 1. The Morgan fingerprint density at radius 2 is 1.63 bits per heavy atom. The summed E-state index contributed by atoms with van der Waals surface area (Å²) in [7, 11) is 0. The number of hydrogen-bond donors (Lipinski definition) is 4. The Hall–Kier alpha value is -2.20. The van der Waals surface area contributed by atoms with Gasteiger partial charge in [0.1, 0.15) is 11.8 Å². The number of benzene rings is 2. The monoisotopic (exact) mass is 258 g/mol. The SMILES string of the molecule is Oc1cc2c(cc1O)[C@@H](c1ccccc1O)[NH2+]CC2. The molecule has 0 spiro atoms. The Balaban J connectivity index is 2.13. The largest absolute Gasteiger partial charge is 0.507 e. The zero-order valence-corrected chi connectivity index (χ0v) is 10.4. The van der Waals surface area contributed by atoms with E-state index in [9.17, 15) is 15.3 Å². The molecule has 4 nitrogen and oxygen atoms in total. The molecule has 1 heterocycles. The van der Waals surface area contributed by atoms with E-state index >= 15 is 0 Å². The van der Waals surface area contributed by atoms with E-state index in [2.05, 4.69) is 5.32 Å². The smallest absolute Gasteiger partial charge is 0.157 e. The summed E-state index contributed by atoms with van der Waals surface area (Å²) in [5, 5.41) is 31.4. The predicted octanol–water partition coefficient (Wildman–Crippen LogP) is 1.01. The fourth-order valence-electron chi connectivity index (χ4n) is 2.72. The molecular formula is C15H16NO3+. The molecular weight excluding hydrogens is 242 g/mol. The van der Waals surface area contributed by atoms with Gasteiger partial charge >= 0.3 is 0 Å². The van der Waals surface area contributed by atoms with Crippen molar-refractivity contribution < 1.29 is 20.6 Å². The quantitative estimate of drug-likeness (QED) is 0.577. The zero-order chi connectivity index (χ0) is 13.4. The molecule has 98 valence electrons. The third-order valence-electron chi connectivity index (χ3n) is 3.66. The van der Waals surface area contributed by atoms with Crippen LogP contribution in [0.25, 0.3) is 0 Å². The highest BCUT2D eigenvalue weighted by atomic mass is 16.3. The summed E-state index contributed by atoms with van der Waals surface area (Å²) in [6.45, 7) is 0.885. The lowest BCUT2D eigenvalue weighted by Gasteiger charge is -2.25. The Labute approximate surface area is 111 Å². The summed E-state index contributed by atoms with van der Waals surface area (Å²) < 4.78 is 0. The van der Waals surface area contributed by atoms with Crippen LogP contribution in [0.2, 0.25) is 0 Å². The highest BCUT2D eigenvalue weighted by molar-refractivity contribution is 5.50. The van der Waals surface area contributed by atoms with Gasteiger partial charge in [-0.25, -0.2) is 0 Å². The first kappa shape index (κ1) is 11.9. The van der Waals surface area contributed by atoms with E-state index in [0.29, 0.717) is 0 Å². The minimum Gasteiger partial charge on any atom is -0.507 e. The fraction of sp³-hybridized carbons (Fsp3) is 0.200. The third kappa shape index (κ3) is 2.00. The van der Waals surface area contributed by atoms with Gasteiger partial charge in [0.15, 0.2) is 11.5 Å². The average molecular weight is 258 g/mol. The first-order valence-electron chi connectivity index (χ1n) is 6.33. The van der Waals surface area contributed by atoms with Crippen molar-refractivity contribution in [2.24, 2.45) is 0 Å². The molecule has 19 heavy (non-hydrogen) atoms. The number of aromatic hydroxyl groups is 3. The third-order valence-corrected chi connectivity index (χ3v) is 3.66.